The molecule has 1 heterocycles. The van der Waals surface area contributed by atoms with Crippen LogP contribution in [0.25, 0.3) is 0 Å². The molecule has 0 unspecified atom stereocenters. The minimum absolute atomic E-state index is 0.0567. The molecule has 0 spiro atoms. The Balaban J connectivity index is 1.65. The number of rotatable bonds is 5. The van der Waals surface area contributed by atoms with E-state index >= 15 is 0 Å². The summed E-state index contributed by atoms with van der Waals surface area (Å²) < 4.78 is 4.89. The first-order valence-corrected chi connectivity index (χ1v) is 9.69. The van der Waals surface area contributed by atoms with Crippen LogP contribution < -0.4 is 10.6 Å². The van der Waals surface area contributed by atoms with Crippen molar-refractivity contribution < 1.29 is 28.7 Å². The van der Waals surface area contributed by atoms with E-state index in [2.05, 4.69) is 5.32 Å². The second-order valence-electron chi connectivity index (χ2n) is 7.02. The van der Waals surface area contributed by atoms with Gasteiger partial charge in [-0.1, -0.05) is 19.3 Å². The fourth-order valence-corrected chi connectivity index (χ4v) is 3.64. The lowest BCUT2D eigenvalue weighted by atomic mass is 9.94. The summed E-state index contributed by atoms with van der Waals surface area (Å²) in [6.07, 6.45) is 4.65. The number of carbonyl (C=O) groups excluding carboxylic acids is 5. The zero-order valence-corrected chi connectivity index (χ0v) is 16.2. The van der Waals surface area contributed by atoms with E-state index in [-0.39, 0.29) is 28.6 Å². The first-order chi connectivity index (χ1) is 13.9. The molecule has 0 radical (unpaired) electrons. The van der Waals surface area contributed by atoms with Crippen LogP contribution in [0.4, 0.5) is 4.79 Å². The summed E-state index contributed by atoms with van der Waals surface area (Å²) >= 11 is 0. The Morgan fingerprint density at radius 3 is 2.45 bits per heavy atom. The molecule has 1 aromatic rings. The number of ether oxygens (including phenoxy) is 1. The molecular formula is C20H23N3O6. The number of fused-ring (bicyclic) bond motifs is 1. The lowest BCUT2D eigenvalue weighted by Gasteiger charge is -2.29. The van der Waals surface area contributed by atoms with E-state index in [4.69, 9.17) is 4.74 Å². The predicted octanol–water partition coefficient (Wildman–Crippen LogP) is 1.62. The van der Waals surface area contributed by atoms with Crippen molar-refractivity contribution in [1.29, 1.82) is 0 Å². The molecule has 9 nitrogen and oxygen atoms in total. The van der Waals surface area contributed by atoms with Gasteiger partial charge in [-0.05, 0) is 38.0 Å². The Hall–Kier alpha value is -3.23. The SMILES string of the molecule is CCNC(=O)NC(=O)COC(=O)c1ccc2c(c1)C(=O)N(C1CCCCC1)C2=O. The Morgan fingerprint density at radius 2 is 1.76 bits per heavy atom. The summed E-state index contributed by atoms with van der Waals surface area (Å²) in [6, 6.07) is 3.35. The molecule has 0 atom stereocenters. The van der Waals surface area contributed by atoms with E-state index in [0.717, 1.165) is 32.1 Å². The first-order valence-electron chi connectivity index (χ1n) is 9.69. The van der Waals surface area contributed by atoms with Crippen molar-refractivity contribution in [3.05, 3.63) is 34.9 Å². The zero-order chi connectivity index (χ0) is 21.0. The monoisotopic (exact) mass is 401 g/mol. The van der Waals surface area contributed by atoms with E-state index in [1.54, 1.807) is 6.92 Å². The lowest BCUT2D eigenvalue weighted by molar-refractivity contribution is -0.123. The number of nitrogens with one attached hydrogen (secondary N) is 2. The third kappa shape index (κ3) is 4.44. The minimum atomic E-state index is -0.824. The summed E-state index contributed by atoms with van der Waals surface area (Å²) in [6.45, 7) is 1.39. The molecule has 1 fully saturated rings. The quantitative estimate of drug-likeness (QED) is 0.571. The summed E-state index contributed by atoms with van der Waals surface area (Å²) in [5.74, 6) is -2.34. The molecule has 0 bridgehead atoms. The summed E-state index contributed by atoms with van der Waals surface area (Å²) in [5, 5.41) is 4.39. The molecule has 29 heavy (non-hydrogen) atoms. The second-order valence-corrected chi connectivity index (χ2v) is 7.02. The van der Waals surface area contributed by atoms with Crippen molar-refractivity contribution >= 4 is 29.7 Å². The molecule has 1 aliphatic heterocycles. The highest BCUT2D eigenvalue weighted by molar-refractivity contribution is 6.22. The van der Waals surface area contributed by atoms with E-state index in [0.29, 0.717) is 6.54 Å². The fourth-order valence-electron chi connectivity index (χ4n) is 3.64. The smallest absolute Gasteiger partial charge is 0.338 e. The third-order valence-corrected chi connectivity index (χ3v) is 5.02. The van der Waals surface area contributed by atoms with Gasteiger partial charge in [0.15, 0.2) is 6.61 Å². The second kappa shape index (κ2) is 8.85. The number of benzene rings is 1. The van der Waals surface area contributed by atoms with Crippen molar-refractivity contribution in [2.45, 2.75) is 45.1 Å². The summed E-state index contributed by atoms with van der Waals surface area (Å²) in [5.41, 5.74) is 0.495. The maximum Gasteiger partial charge on any atom is 0.338 e. The molecule has 2 aliphatic rings. The number of esters is 1. The number of nitrogens with zero attached hydrogens (tertiary/aromatic N) is 1. The van der Waals surface area contributed by atoms with Gasteiger partial charge >= 0.3 is 12.0 Å². The van der Waals surface area contributed by atoms with Crippen LogP contribution in [0.1, 0.15) is 70.1 Å². The van der Waals surface area contributed by atoms with Gasteiger partial charge in [0.1, 0.15) is 0 Å². The average molecular weight is 401 g/mol. The molecule has 0 saturated heterocycles. The van der Waals surface area contributed by atoms with Crippen LogP contribution in [0.15, 0.2) is 18.2 Å². The van der Waals surface area contributed by atoms with E-state index < -0.39 is 30.4 Å². The van der Waals surface area contributed by atoms with Gasteiger partial charge in [-0.2, -0.15) is 0 Å². The molecular weight excluding hydrogens is 378 g/mol. The fraction of sp³-hybridized carbons (Fsp3) is 0.450. The number of urea groups is 1. The molecule has 5 amide bonds. The van der Waals surface area contributed by atoms with Crippen molar-refractivity contribution in [3.63, 3.8) is 0 Å². The van der Waals surface area contributed by atoms with Gasteiger partial charge in [-0.3, -0.25) is 24.6 Å². The molecule has 0 aromatic heterocycles. The topological polar surface area (TPSA) is 122 Å². The minimum Gasteiger partial charge on any atom is -0.452 e. The highest BCUT2D eigenvalue weighted by Crippen LogP contribution is 2.31. The standard InChI is InChI=1S/C20H23N3O6/c1-2-21-20(28)22-16(24)11-29-19(27)12-8-9-14-15(10-12)18(26)23(17(14)25)13-6-4-3-5-7-13/h8-10,13H,2-7,11H2,1H3,(H2,21,22,24,28). The molecule has 1 aromatic carbocycles. The zero-order valence-electron chi connectivity index (χ0n) is 16.2. The average Bonchev–Trinajstić information content (AvgIpc) is 2.96. The molecule has 3 rings (SSSR count). The van der Waals surface area contributed by atoms with Crippen LogP contribution in [0.3, 0.4) is 0 Å². The van der Waals surface area contributed by atoms with Crippen molar-refractivity contribution in [2.75, 3.05) is 13.2 Å². The molecule has 154 valence electrons. The highest BCUT2D eigenvalue weighted by atomic mass is 16.5. The largest absolute Gasteiger partial charge is 0.452 e. The van der Waals surface area contributed by atoms with Gasteiger partial charge in [-0.25, -0.2) is 9.59 Å². The molecule has 1 aliphatic carbocycles. The predicted molar refractivity (Wildman–Crippen MR) is 101 cm³/mol. The maximum atomic E-state index is 12.8. The maximum absolute atomic E-state index is 12.8. The van der Waals surface area contributed by atoms with Crippen molar-refractivity contribution in [1.82, 2.24) is 15.5 Å². The van der Waals surface area contributed by atoms with Gasteiger partial charge in [0.25, 0.3) is 17.7 Å². The number of carbonyl (C=O) groups is 5. The third-order valence-electron chi connectivity index (χ3n) is 5.02. The van der Waals surface area contributed by atoms with Crippen molar-refractivity contribution in [3.8, 4) is 0 Å². The van der Waals surface area contributed by atoms with E-state index in [1.165, 1.54) is 23.1 Å². The summed E-state index contributed by atoms with van der Waals surface area (Å²) in [4.78, 5) is 61.8. The number of imide groups is 2. The molecule has 2 N–H and O–H groups in total. The van der Waals surface area contributed by atoms with Crippen LogP contribution in [-0.2, 0) is 9.53 Å². The Bertz CT molecular complexity index is 860. The first kappa shape index (κ1) is 20.5. The van der Waals surface area contributed by atoms with Gasteiger partial charge in [0.05, 0.1) is 16.7 Å². The van der Waals surface area contributed by atoms with Crippen LogP contribution in [-0.4, -0.2) is 53.8 Å². The Labute approximate surface area is 167 Å². The van der Waals surface area contributed by atoms with Crippen LogP contribution in [0.2, 0.25) is 0 Å². The van der Waals surface area contributed by atoms with Gasteiger partial charge in [-0.15, -0.1) is 0 Å². The Kier molecular flexibility index (Phi) is 6.26. The van der Waals surface area contributed by atoms with Gasteiger partial charge in [0.2, 0.25) is 0 Å². The van der Waals surface area contributed by atoms with E-state index in [1.807, 2.05) is 5.32 Å². The van der Waals surface area contributed by atoms with Gasteiger partial charge in [0, 0.05) is 12.6 Å². The number of hydrogen-bond acceptors (Lipinski definition) is 6. The van der Waals surface area contributed by atoms with Gasteiger partial charge < -0.3 is 10.1 Å². The van der Waals surface area contributed by atoms with Crippen LogP contribution in [0, 0.1) is 0 Å². The number of amides is 5. The highest BCUT2D eigenvalue weighted by Gasteiger charge is 2.40. The molecule has 1 saturated carbocycles. The summed E-state index contributed by atoms with van der Waals surface area (Å²) in [7, 11) is 0. The molecule has 9 heteroatoms. The van der Waals surface area contributed by atoms with Crippen molar-refractivity contribution in [2.24, 2.45) is 0 Å². The lowest BCUT2D eigenvalue weighted by Crippen LogP contribution is -2.41. The van der Waals surface area contributed by atoms with Crippen LogP contribution in [0.5, 0.6) is 0 Å². The van der Waals surface area contributed by atoms with Crippen LogP contribution >= 0.6 is 0 Å². The van der Waals surface area contributed by atoms with E-state index in [9.17, 15) is 24.0 Å². The number of hydrogen-bond donors (Lipinski definition) is 2. The Morgan fingerprint density at radius 1 is 1.07 bits per heavy atom. The normalized spacial score (nSPS) is 16.4.